The van der Waals surface area contributed by atoms with Gasteiger partial charge in [-0.2, -0.15) is 0 Å². The van der Waals surface area contributed by atoms with Gasteiger partial charge in [0, 0.05) is 23.4 Å². The number of carbonyl (C=O) groups is 1. The Bertz CT molecular complexity index is 589. The molecule has 0 bridgehead atoms. The van der Waals surface area contributed by atoms with Crippen LogP contribution in [-0.4, -0.2) is 18.3 Å². The monoisotopic (exact) mass is 245 g/mol. The lowest BCUT2D eigenvalue weighted by Gasteiger charge is -2.16. The van der Waals surface area contributed by atoms with Crippen molar-refractivity contribution in [3.8, 4) is 0 Å². The first-order valence-corrected chi connectivity index (χ1v) is 6.26. The van der Waals surface area contributed by atoms with Gasteiger partial charge in [0.2, 0.25) is 0 Å². The topological polar surface area (TPSA) is 20.3 Å². The van der Waals surface area contributed by atoms with E-state index in [1.54, 1.807) is 0 Å². The molecule has 1 aliphatic rings. The number of benzene rings is 2. The first-order chi connectivity index (χ1) is 8.33. The molecule has 0 unspecified atom stereocenters. The maximum Gasteiger partial charge on any atom is 0.258 e. The third kappa shape index (κ3) is 1.52. The number of alkyl halides is 1. The molecule has 0 aromatic heterocycles. The van der Waals surface area contributed by atoms with Crippen molar-refractivity contribution in [1.82, 2.24) is 0 Å². The Morgan fingerprint density at radius 2 is 1.88 bits per heavy atom. The summed E-state index contributed by atoms with van der Waals surface area (Å²) >= 11 is 5.70. The van der Waals surface area contributed by atoms with E-state index in [0.29, 0.717) is 12.4 Å². The van der Waals surface area contributed by atoms with Crippen LogP contribution in [0.2, 0.25) is 0 Å². The van der Waals surface area contributed by atoms with Crippen LogP contribution < -0.4 is 4.90 Å². The fraction of sp³-hybridized carbons (Fsp3) is 0.214. The third-order valence-electron chi connectivity index (χ3n) is 3.16. The molecule has 2 nitrogen and oxygen atoms in total. The highest BCUT2D eigenvalue weighted by molar-refractivity contribution is 6.25. The summed E-state index contributed by atoms with van der Waals surface area (Å²) in [7, 11) is 0. The van der Waals surface area contributed by atoms with E-state index in [2.05, 4.69) is 0 Å². The molecular weight excluding hydrogens is 234 g/mol. The number of hydrogen-bond donors (Lipinski definition) is 0. The van der Waals surface area contributed by atoms with Crippen molar-refractivity contribution >= 4 is 34.0 Å². The van der Waals surface area contributed by atoms with Crippen molar-refractivity contribution in [3.05, 3.63) is 42.0 Å². The first-order valence-electron chi connectivity index (χ1n) is 5.72. The van der Waals surface area contributed by atoms with Gasteiger partial charge in [-0.15, -0.1) is 11.6 Å². The highest BCUT2D eigenvalue weighted by atomic mass is 35.5. The van der Waals surface area contributed by atoms with Crippen LogP contribution in [0.3, 0.4) is 0 Å². The summed E-state index contributed by atoms with van der Waals surface area (Å²) < 4.78 is 0. The van der Waals surface area contributed by atoms with Crippen LogP contribution in [0.5, 0.6) is 0 Å². The minimum absolute atomic E-state index is 0.0990. The largest absolute Gasteiger partial charge is 0.308 e. The zero-order valence-corrected chi connectivity index (χ0v) is 10.1. The predicted octanol–water partition coefficient (Wildman–Crippen LogP) is 3.43. The van der Waals surface area contributed by atoms with E-state index in [1.807, 2.05) is 41.3 Å². The van der Waals surface area contributed by atoms with E-state index in [-0.39, 0.29) is 5.91 Å². The number of carbonyl (C=O) groups excluding carboxylic acids is 1. The molecule has 0 N–H and O–H groups in total. The fourth-order valence-electron chi connectivity index (χ4n) is 2.42. The molecule has 0 aliphatic carbocycles. The summed E-state index contributed by atoms with van der Waals surface area (Å²) in [5.41, 5.74) is 1.83. The SMILES string of the molecule is O=C1c2cccc3cccc(c23)N1CCCCl. The number of nitrogens with zero attached hydrogens (tertiary/aromatic N) is 1. The fourth-order valence-corrected chi connectivity index (χ4v) is 2.54. The Labute approximate surface area is 105 Å². The van der Waals surface area contributed by atoms with Crippen molar-refractivity contribution in [1.29, 1.82) is 0 Å². The van der Waals surface area contributed by atoms with E-state index in [0.717, 1.165) is 28.4 Å². The van der Waals surface area contributed by atoms with Gasteiger partial charge in [-0.3, -0.25) is 4.79 Å². The maximum absolute atomic E-state index is 12.3. The molecule has 2 aromatic rings. The molecule has 0 spiro atoms. The van der Waals surface area contributed by atoms with Crippen LogP contribution in [0, 0.1) is 0 Å². The Balaban J connectivity index is 2.17. The first kappa shape index (κ1) is 10.6. The normalized spacial score (nSPS) is 13.7. The molecular formula is C14H12ClNO. The number of amides is 1. The summed E-state index contributed by atoms with van der Waals surface area (Å²) in [6.07, 6.45) is 0.817. The molecule has 0 radical (unpaired) electrons. The second-order valence-corrected chi connectivity index (χ2v) is 4.56. The van der Waals surface area contributed by atoms with Crippen LogP contribution in [0.25, 0.3) is 10.8 Å². The van der Waals surface area contributed by atoms with Crippen LogP contribution in [0.15, 0.2) is 36.4 Å². The zero-order chi connectivity index (χ0) is 11.8. The average Bonchev–Trinajstić information content (AvgIpc) is 2.64. The van der Waals surface area contributed by atoms with Crippen molar-refractivity contribution < 1.29 is 4.79 Å². The molecule has 0 saturated carbocycles. The summed E-state index contributed by atoms with van der Waals surface area (Å²) in [4.78, 5) is 14.1. The molecule has 86 valence electrons. The van der Waals surface area contributed by atoms with Gasteiger partial charge in [-0.25, -0.2) is 0 Å². The van der Waals surface area contributed by atoms with Crippen LogP contribution in [0.1, 0.15) is 16.8 Å². The standard InChI is InChI=1S/C14H12ClNO/c15-8-3-9-16-12-7-2-5-10-4-1-6-11(13(10)12)14(16)17/h1-2,4-7H,3,8-9H2. The minimum Gasteiger partial charge on any atom is -0.308 e. The van der Waals surface area contributed by atoms with Crippen molar-refractivity contribution in [2.45, 2.75) is 6.42 Å². The molecule has 1 aliphatic heterocycles. The van der Waals surface area contributed by atoms with Gasteiger partial charge in [0.25, 0.3) is 5.91 Å². The summed E-state index contributed by atoms with van der Waals surface area (Å²) in [5, 5.41) is 2.20. The quantitative estimate of drug-likeness (QED) is 0.759. The number of rotatable bonds is 3. The lowest BCUT2D eigenvalue weighted by molar-refractivity contribution is 0.0993. The van der Waals surface area contributed by atoms with Crippen LogP contribution in [0.4, 0.5) is 5.69 Å². The number of hydrogen-bond acceptors (Lipinski definition) is 1. The Hall–Kier alpha value is -1.54. The predicted molar refractivity (Wildman–Crippen MR) is 71.0 cm³/mol. The minimum atomic E-state index is 0.0990. The van der Waals surface area contributed by atoms with E-state index < -0.39 is 0 Å². The molecule has 0 atom stereocenters. The van der Waals surface area contributed by atoms with Crippen LogP contribution in [-0.2, 0) is 0 Å². The smallest absolute Gasteiger partial charge is 0.258 e. The van der Waals surface area contributed by atoms with Gasteiger partial charge in [-0.05, 0) is 23.9 Å². The second kappa shape index (κ2) is 4.04. The molecule has 1 amide bonds. The average molecular weight is 246 g/mol. The second-order valence-electron chi connectivity index (χ2n) is 4.18. The summed E-state index contributed by atoms with van der Waals surface area (Å²) in [6, 6.07) is 11.9. The molecule has 0 fully saturated rings. The molecule has 2 aromatic carbocycles. The molecule has 3 heteroatoms. The summed E-state index contributed by atoms with van der Waals surface area (Å²) in [6.45, 7) is 0.691. The van der Waals surface area contributed by atoms with Gasteiger partial charge < -0.3 is 4.90 Å². The van der Waals surface area contributed by atoms with Crippen molar-refractivity contribution in [2.75, 3.05) is 17.3 Å². The zero-order valence-electron chi connectivity index (χ0n) is 9.32. The van der Waals surface area contributed by atoms with Crippen molar-refractivity contribution in [2.24, 2.45) is 0 Å². The number of halogens is 1. The van der Waals surface area contributed by atoms with Crippen molar-refractivity contribution in [3.63, 3.8) is 0 Å². The molecule has 1 heterocycles. The van der Waals surface area contributed by atoms with E-state index >= 15 is 0 Å². The van der Waals surface area contributed by atoms with E-state index in [9.17, 15) is 4.79 Å². The van der Waals surface area contributed by atoms with Gasteiger partial charge in [-0.1, -0.05) is 24.3 Å². The molecule has 17 heavy (non-hydrogen) atoms. The highest BCUT2D eigenvalue weighted by Gasteiger charge is 2.28. The Morgan fingerprint density at radius 3 is 2.65 bits per heavy atom. The third-order valence-corrected chi connectivity index (χ3v) is 3.43. The van der Waals surface area contributed by atoms with E-state index in [1.165, 1.54) is 0 Å². The Morgan fingerprint density at radius 1 is 1.12 bits per heavy atom. The van der Waals surface area contributed by atoms with Gasteiger partial charge in [0.05, 0.1) is 5.69 Å². The van der Waals surface area contributed by atoms with Gasteiger partial charge in [0.15, 0.2) is 0 Å². The lowest BCUT2D eigenvalue weighted by atomic mass is 10.1. The van der Waals surface area contributed by atoms with Crippen LogP contribution >= 0.6 is 11.6 Å². The summed E-state index contributed by atoms with van der Waals surface area (Å²) in [5.74, 6) is 0.678. The highest BCUT2D eigenvalue weighted by Crippen LogP contribution is 2.36. The Kier molecular flexibility index (Phi) is 2.52. The van der Waals surface area contributed by atoms with Gasteiger partial charge in [0.1, 0.15) is 0 Å². The molecule has 0 saturated heterocycles. The van der Waals surface area contributed by atoms with Gasteiger partial charge >= 0.3 is 0 Å². The lowest BCUT2D eigenvalue weighted by Crippen LogP contribution is -2.27. The number of anilines is 1. The molecule has 3 rings (SSSR count). The van der Waals surface area contributed by atoms with E-state index in [4.69, 9.17) is 11.6 Å². The maximum atomic E-state index is 12.3.